The Labute approximate surface area is 83.6 Å². The Kier molecular flexibility index (Phi) is 3.71. The van der Waals surface area contributed by atoms with Gasteiger partial charge >= 0.3 is 0 Å². The fourth-order valence-electron chi connectivity index (χ4n) is 0.728. The van der Waals surface area contributed by atoms with Crippen LogP contribution in [0, 0.1) is 0 Å². The summed E-state index contributed by atoms with van der Waals surface area (Å²) in [5.74, 6) is 1.15. The largest absolute Gasteiger partial charge is 0.322 e. The molecule has 1 rings (SSSR count). The molecule has 0 spiro atoms. The summed E-state index contributed by atoms with van der Waals surface area (Å²) < 4.78 is 0.922. The first-order chi connectivity index (χ1) is 5.77. The number of aliphatic imine (C=N–C) groups is 1. The fraction of sp³-hybridized carbons (Fsp3) is 0.143. The minimum absolute atomic E-state index is 0.515. The van der Waals surface area contributed by atoms with Gasteiger partial charge in [0.05, 0.1) is 4.90 Å². The molecule has 0 bridgehead atoms. The van der Waals surface area contributed by atoms with E-state index >= 15 is 0 Å². The Morgan fingerprint density at radius 2 is 2.50 bits per heavy atom. The number of rotatable bonds is 3. The maximum absolute atomic E-state index is 5.39. The van der Waals surface area contributed by atoms with Crippen molar-refractivity contribution < 1.29 is 0 Å². The van der Waals surface area contributed by atoms with Crippen LogP contribution in [0.2, 0.25) is 0 Å². The number of hydrogen-bond acceptors (Lipinski definition) is 4. The van der Waals surface area contributed by atoms with Crippen LogP contribution in [0.3, 0.4) is 0 Å². The summed E-state index contributed by atoms with van der Waals surface area (Å²) in [6, 6.07) is 1.93. The van der Waals surface area contributed by atoms with Gasteiger partial charge in [-0.1, -0.05) is 0 Å². The highest BCUT2D eigenvalue weighted by atomic mass is 79.9. The van der Waals surface area contributed by atoms with Crippen molar-refractivity contribution in [3.8, 4) is 0 Å². The van der Waals surface area contributed by atoms with Gasteiger partial charge in [0, 0.05) is 16.5 Å². The predicted octanol–water partition coefficient (Wildman–Crippen LogP) is 2.18. The molecule has 0 atom stereocenters. The van der Waals surface area contributed by atoms with Crippen molar-refractivity contribution in [1.29, 1.82) is 0 Å². The molecule has 3 nitrogen and oxygen atoms in total. The third-order valence-electron chi connectivity index (χ3n) is 1.19. The first kappa shape index (κ1) is 9.70. The lowest BCUT2D eigenvalue weighted by Gasteiger charge is -2.01. The maximum Gasteiger partial charge on any atom is 0.165 e. The SMILES string of the molecule is C=Nc1ncc(Br)cc1SCN. The van der Waals surface area contributed by atoms with Gasteiger partial charge in [0.25, 0.3) is 0 Å². The summed E-state index contributed by atoms with van der Waals surface area (Å²) in [5, 5.41) is 0. The standard InChI is InChI=1S/C7H8BrN3S/c1-10-7-6(12-4-9)2-5(8)3-11-7/h2-3H,1,4,9H2. The molecule has 64 valence electrons. The van der Waals surface area contributed by atoms with Crippen molar-refractivity contribution in [2.24, 2.45) is 10.7 Å². The zero-order valence-electron chi connectivity index (χ0n) is 6.33. The number of hydrogen-bond donors (Lipinski definition) is 1. The van der Waals surface area contributed by atoms with Crippen LogP contribution in [0.25, 0.3) is 0 Å². The van der Waals surface area contributed by atoms with Crippen molar-refractivity contribution in [2.75, 3.05) is 5.88 Å². The van der Waals surface area contributed by atoms with Gasteiger partial charge in [0.2, 0.25) is 0 Å². The molecule has 0 aromatic carbocycles. The van der Waals surface area contributed by atoms with E-state index in [1.54, 1.807) is 6.20 Å². The predicted molar refractivity (Wildman–Crippen MR) is 56.1 cm³/mol. The van der Waals surface area contributed by atoms with Gasteiger partial charge in [-0.05, 0) is 28.7 Å². The summed E-state index contributed by atoms with van der Waals surface area (Å²) in [4.78, 5) is 8.78. The molecular formula is C7H8BrN3S. The molecule has 5 heteroatoms. The Bertz CT molecular complexity index is 290. The van der Waals surface area contributed by atoms with E-state index in [0.29, 0.717) is 11.7 Å². The number of halogens is 1. The second-order valence-corrected chi connectivity index (χ2v) is 3.92. The van der Waals surface area contributed by atoms with Gasteiger partial charge in [-0.15, -0.1) is 11.8 Å². The van der Waals surface area contributed by atoms with E-state index in [4.69, 9.17) is 5.73 Å². The number of aromatic nitrogens is 1. The molecule has 0 amide bonds. The number of thioether (sulfide) groups is 1. The van der Waals surface area contributed by atoms with Gasteiger partial charge in [0.1, 0.15) is 0 Å². The third kappa shape index (κ3) is 2.30. The Morgan fingerprint density at radius 3 is 3.08 bits per heavy atom. The molecule has 0 aliphatic carbocycles. The highest BCUT2D eigenvalue weighted by Crippen LogP contribution is 2.28. The van der Waals surface area contributed by atoms with E-state index in [1.165, 1.54) is 11.8 Å². The quantitative estimate of drug-likeness (QED) is 0.505. The summed E-state index contributed by atoms with van der Waals surface area (Å²) in [5.41, 5.74) is 5.39. The lowest BCUT2D eigenvalue weighted by atomic mass is 10.5. The van der Waals surface area contributed by atoms with E-state index < -0.39 is 0 Å². The third-order valence-corrected chi connectivity index (χ3v) is 2.40. The van der Waals surface area contributed by atoms with Crippen molar-refractivity contribution in [3.63, 3.8) is 0 Å². The van der Waals surface area contributed by atoms with Gasteiger partial charge in [-0.2, -0.15) is 0 Å². The Hall–Kier alpha value is -0.390. The molecule has 1 aromatic heterocycles. The van der Waals surface area contributed by atoms with E-state index in [1.807, 2.05) is 6.07 Å². The second-order valence-electron chi connectivity index (χ2n) is 1.94. The van der Waals surface area contributed by atoms with Gasteiger partial charge in [-0.25, -0.2) is 9.98 Å². The zero-order valence-corrected chi connectivity index (χ0v) is 8.73. The van der Waals surface area contributed by atoms with Gasteiger partial charge in [0.15, 0.2) is 5.82 Å². The minimum Gasteiger partial charge on any atom is -0.322 e. The first-order valence-electron chi connectivity index (χ1n) is 3.23. The van der Waals surface area contributed by atoms with Gasteiger partial charge in [-0.3, -0.25) is 0 Å². The second kappa shape index (κ2) is 4.59. The molecular weight excluding hydrogens is 238 g/mol. The zero-order chi connectivity index (χ0) is 8.97. The molecule has 0 unspecified atom stereocenters. The molecule has 2 N–H and O–H groups in total. The molecule has 12 heavy (non-hydrogen) atoms. The topological polar surface area (TPSA) is 51.3 Å². The average molecular weight is 246 g/mol. The van der Waals surface area contributed by atoms with Gasteiger partial charge < -0.3 is 5.73 Å². The molecule has 0 saturated carbocycles. The molecule has 0 aliphatic rings. The summed E-state index contributed by atoms with van der Waals surface area (Å²) in [7, 11) is 0. The van der Waals surface area contributed by atoms with E-state index in [0.717, 1.165) is 9.37 Å². The fourth-order valence-corrected chi connectivity index (χ4v) is 1.85. The average Bonchev–Trinajstić information content (AvgIpc) is 2.05. The Balaban J connectivity index is 3.03. The van der Waals surface area contributed by atoms with Crippen LogP contribution in [0.5, 0.6) is 0 Å². The van der Waals surface area contributed by atoms with Crippen LogP contribution in [-0.4, -0.2) is 17.6 Å². The summed E-state index contributed by atoms with van der Waals surface area (Å²) >= 11 is 4.81. The van der Waals surface area contributed by atoms with Crippen LogP contribution >= 0.6 is 27.7 Å². The van der Waals surface area contributed by atoms with Crippen LogP contribution in [0.4, 0.5) is 5.82 Å². The van der Waals surface area contributed by atoms with Crippen LogP contribution in [0.1, 0.15) is 0 Å². The molecule has 0 aliphatic heterocycles. The first-order valence-corrected chi connectivity index (χ1v) is 5.01. The van der Waals surface area contributed by atoms with E-state index in [2.05, 4.69) is 32.6 Å². The van der Waals surface area contributed by atoms with E-state index in [-0.39, 0.29) is 0 Å². The number of nitrogens with two attached hydrogens (primary N) is 1. The number of nitrogens with zero attached hydrogens (tertiary/aromatic N) is 2. The van der Waals surface area contributed by atoms with Crippen LogP contribution in [-0.2, 0) is 0 Å². The smallest absolute Gasteiger partial charge is 0.165 e. The molecule has 1 aromatic rings. The summed E-state index contributed by atoms with van der Waals surface area (Å²) in [6.07, 6.45) is 1.69. The lowest BCUT2D eigenvalue weighted by Crippen LogP contribution is -1.92. The van der Waals surface area contributed by atoms with Crippen molar-refractivity contribution in [2.45, 2.75) is 4.90 Å². The van der Waals surface area contributed by atoms with E-state index in [9.17, 15) is 0 Å². The minimum atomic E-state index is 0.515. The highest BCUT2D eigenvalue weighted by Gasteiger charge is 2.01. The van der Waals surface area contributed by atoms with Crippen molar-refractivity contribution >= 4 is 40.2 Å². The molecule has 0 saturated heterocycles. The molecule has 0 fully saturated rings. The van der Waals surface area contributed by atoms with Crippen LogP contribution in [0.15, 0.2) is 26.6 Å². The summed E-state index contributed by atoms with van der Waals surface area (Å²) in [6.45, 7) is 3.42. The normalized spacial score (nSPS) is 9.83. The van der Waals surface area contributed by atoms with Crippen molar-refractivity contribution in [3.05, 3.63) is 16.7 Å². The Morgan fingerprint density at radius 1 is 1.75 bits per heavy atom. The monoisotopic (exact) mass is 245 g/mol. The van der Waals surface area contributed by atoms with Crippen LogP contribution < -0.4 is 5.73 Å². The molecule has 1 heterocycles. The molecule has 0 radical (unpaired) electrons. The maximum atomic E-state index is 5.39. The lowest BCUT2D eigenvalue weighted by molar-refractivity contribution is 1.18. The number of pyridine rings is 1. The highest BCUT2D eigenvalue weighted by molar-refractivity contribution is 9.10. The van der Waals surface area contributed by atoms with Crippen molar-refractivity contribution in [1.82, 2.24) is 4.98 Å².